The van der Waals surface area contributed by atoms with Gasteiger partial charge in [0.25, 0.3) is 0 Å². The zero-order valence-electron chi connectivity index (χ0n) is 24.1. The molecule has 7 heteroatoms. The predicted molar refractivity (Wildman–Crippen MR) is 165 cm³/mol. The molecule has 0 saturated carbocycles. The zero-order valence-corrected chi connectivity index (χ0v) is 24.9. The maximum absolute atomic E-state index is 6.82. The normalized spacial score (nSPS) is 26.8. The van der Waals surface area contributed by atoms with Crippen molar-refractivity contribution in [3.8, 4) is 0 Å². The zero-order chi connectivity index (χ0) is 28.8. The molecule has 6 atom stereocenters. The van der Waals surface area contributed by atoms with Gasteiger partial charge in [0.2, 0.25) is 0 Å². The van der Waals surface area contributed by atoms with E-state index in [0.717, 1.165) is 24.0 Å². The molecule has 0 aliphatic carbocycles. The standard InChI is InChI=1S/C35H38N2O4S/c1-35(2)40-33-31(38-23-27-15-9-17-36-21-27)29(19-25-11-5-3-6-12-25)42-30(20-26-13-7-4-8-14-26)32(34(33)41-35)39-24-28-16-10-18-37-22-28/h3-18,21-22,29-34H,19-20,23-24H2,1-2H3. The van der Waals surface area contributed by atoms with Crippen LogP contribution in [-0.2, 0) is 45.0 Å². The van der Waals surface area contributed by atoms with Crippen LogP contribution in [0.2, 0.25) is 0 Å². The van der Waals surface area contributed by atoms with Crippen LogP contribution >= 0.6 is 11.8 Å². The summed E-state index contributed by atoms with van der Waals surface area (Å²) < 4.78 is 27.1. The summed E-state index contributed by atoms with van der Waals surface area (Å²) >= 11 is 1.94. The summed E-state index contributed by atoms with van der Waals surface area (Å²) in [4.78, 5) is 8.60. The van der Waals surface area contributed by atoms with E-state index in [2.05, 4.69) is 82.8 Å². The number of rotatable bonds is 10. The second-order valence-electron chi connectivity index (χ2n) is 11.4. The molecule has 0 spiro atoms. The molecule has 6 rings (SSSR count). The van der Waals surface area contributed by atoms with Gasteiger partial charge < -0.3 is 18.9 Å². The highest BCUT2D eigenvalue weighted by molar-refractivity contribution is 8.00. The van der Waals surface area contributed by atoms with Crippen molar-refractivity contribution < 1.29 is 18.9 Å². The van der Waals surface area contributed by atoms with Crippen LogP contribution in [0.3, 0.4) is 0 Å². The lowest BCUT2D eigenvalue weighted by Crippen LogP contribution is -2.47. The Morgan fingerprint density at radius 3 is 1.45 bits per heavy atom. The molecule has 2 aliphatic rings. The van der Waals surface area contributed by atoms with Crippen LogP contribution in [-0.4, -0.2) is 50.7 Å². The van der Waals surface area contributed by atoms with E-state index in [-0.39, 0.29) is 34.9 Å². The van der Waals surface area contributed by atoms with Gasteiger partial charge in [0, 0.05) is 35.3 Å². The van der Waals surface area contributed by atoms with Gasteiger partial charge in [0.15, 0.2) is 5.79 Å². The Labute approximate surface area is 252 Å². The molecule has 0 amide bonds. The Balaban J connectivity index is 1.37. The number of hydrogen-bond donors (Lipinski definition) is 0. The Bertz CT molecular complexity index is 1270. The lowest BCUT2D eigenvalue weighted by molar-refractivity contribution is -0.167. The number of hydrogen-bond acceptors (Lipinski definition) is 7. The van der Waals surface area contributed by atoms with Crippen LogP contribution in [0.15, 0.2) is 110 Å². The minimum atomic E-state index is -0.766. The molecular formula is C35H38N2O4S. The number of aromatic nitrogens is 2. The maximum atomic E-state index is 6.82. The minimum absolute atomic E-state index is 0.106. The third kappa shape index (κ3) is 7.28. The largest absolute Gasteiger partial charge is 0.369 e. The van der Waals surface area contributed by atoms with E-state index in [9.17, 15) is 0 Å². The van der Waals surface area contributed by atoms with Gasteiger partial charge in [-0.2, -0.15) is 0 Å². The smallest absolute Gasteiger partial charge is 0.164 e. The van der Waals surface area contributed by atoms with Crippen LogP contribution in [0.5, 0.6) is 0 Å². The molecule has 0 N–H and O–H groups in total. The molecule has 6 unspecified atom stereocenters. The summed E-state index contributed by atoms with van der Waals surface area (Å²) in [6, 6.07) is 29.3. The summed E-state index contributed by atoms with van der Waals surface area (Å²) in [5, 5.41) is 0.213. The fraction of sp³-hybridized carbons (Fsp3) is 0.371. The van der Waals surface area contributed by atoms with Gasteiger partial charge in [-0.15, -0.1) is 11.8 Å². The van der Waals surface area contributed by atoms with Crippen molar-refractivity contribution >= 4 is 11.8 Å². The quantitative estimate of drug-likeness (QED) is 0.213. The number of nitrogens with zero attached hydrogens (tertiary/aromatic N) is 2. The lowest BCUT2D eigenvalue weighted by Gasteiger charge is -2.31. The molecule has 0 bridgehead atoms. The third-order valence-electron chi connectivity index (χ3n) is 7.78. The van der Waals surface area contributed by atoms with E-state index in [1.165, 1.54) is 11.1 Å². The highest BCUT2D eigenvalue weighted by Crippen LogP contribution is 2.45. The van der Waals surface area contributed by atoms with Gasteiger partial charge in [-0.25, -0.2) is 0 Å². The van der Waals surface area contributed by atoms with Crippen LogP contribution in [0.4, 0.5) is 0 Å². The average molecular weight is 583 g/mol. The molecule has 2 fully saturated rings. The molecule has 0 radical (unpaired) electrons. The van der Waals surface area contributed by atoms with Crippen molar-refractivity contribution in [1.29, 1.82) is 0 Å². The molecule has 6 nitrogen and oxygen atoms in total. The van der Waals surface area contributed by atoms with Crippen molar-refractivity contribution in [1.82, 2.24) is 9.97 Å². The van der Waals surface area contributed by atoms with Gasteiger partial charge >= 0.3 is 0 Å². The second kappa shape index (κ2) is 13.5. The number of thioether (sulfide) groups is 1. The lowest BCUT2D eigenvalue weighted by atomic mass is 9.94. The Kier molecular flexibility index (Phi) is 9.32. The topological polar surface area (TPSA) is 62.7 Å². The van der Waals surface area contributed by atoms with Crippen LogP contribution < -0.4 is 0 Å². The maximum Gasteiger partial charge on any atom is 0.164 e. The van der Waals surface area contributed by atoms with Crippen LogP contribution in [0.1, 0.15) is 36.1 Å². The number of ether oxygens (including phenoxy) is 4. The fourth-order valence-corrected chi connectivity index (χ4v) is 7.71. The van der Waals surface area contributed by atoms with Gasteiger partial charge in [-0.1, -0.05) is 72.8 Å². The van der Waals surface area contributed by atoms with Crippen molar-refractivity contribution in [2.24, 2.45) is 0 Å². The highest BCUT2D eigenvalue weighted by atomic mass is 32.2. The van der Waals surface area contributed by atoms with Gasteiger partial charge in [0.1, 0.15) is 12.2 Å². The van der Waals surface area contributed by atoms with E-state index in [1.54, 1.807) is 12.4 Å². The second-order valence-corrected chi connectivity index (χ2v) is 12.9. The predicted octanol–water partition coefficient (Wildman–Crippen LogP) is 6.44. The summed E-state index contributed by atoms with van der Waals surface area (Å²) in [5.74, 6) is -0.766. The molecule has 42 heavy (non-hydrogen) atoms. The van der Waals surface area contributed by atoms with E-state index >= 15 is 0 Å². The van der Waals surface area contributed by atoms with Crippen molar-refractivity contribution in [2.75, 3.05) is 0 Å². The molecule has 2 aromatic carbocycles. The first kappa shape index (κ1) is 29.0. The molecule has 218 valence electrons. The number of pyridine rings is 2. The summed E-state index contributed by atoms with van der Waals surface area (Å²) in [7, 11) is 0. The van der Waals surface area contributed by atoms with E-state index < -0.39 is 5.79 Å². The van der Waals surface area contributed by atoms with Crippen LogP contribution in [0.25, 0.3) is 0 Å². The molecule has 4 aromatic rings. The summed E-state index contributed by atoms with van der Waals surface area (Å²) in [6.07, 6.45) is 7.91. The Morgan fingerprint density at radius 1 is 0.619 bits per heavy atom. The SMILES string of the molecule is CC1(C)OC2C(OCc3cccnc3)C(Cc3ccccc3)SC(Cc3ccccc3)C(OCc3cccnc3)C2O1. The van der Waals surface area contributed by atoms with Crippen LogP contribution in [0, 0.1) is 0 Å². The third-order valence-corrected chi connectivity index (χ3v) is 9.35. The molecular weight excluding hydrogens is 544 g/mol. The van der Waals surface area contributed by atoms with Gasteiger partial charge in [0.05, 0.1) is 25.4 Å². The van der Waals surface area contributed by atoms with Gasteiger partial charge in [-0.05, 0) is 61.1 Å². The van der Waals surface area contributed by atoms with Gasteiger partial charge in [-0.3, -0.25) is 9.97 Å². The van der Waals surface area contributed by atoms with E-state index in [0.29, 0.717) is 13.2 Å². The van der Waals surface area contributed by atoms with E-state index in [4.69, 9.17) is 18.9 Å². The molecule has 4 heterocycles. The fourth-order valence-electron chi connectivity index (χ4n) is 5.91. The summed E-state index contributed by atoms with van der Waals surface area (Å²) in [5.41, 5.74) is 4.61. The summed E-state index contributed by atoms with van der Waals surface area (Å²) in [6.45, 7) is 4.87. The molecule has 2 saturated heterocycles. The van der Waals surface area contributed by atoms with Crippen molar-refractivity contribution in [3.63, 3.8) is 0 Å². The Hall–Kier alpha value is -3.07. The van der Waals surface area contributed by atoms with E-state index in [1.807, 2.05) is 50.1 Å². The monoisotopic (exact) mass is 582 g/mol. The van der Waals surface area contributed by atoms with Crippen molar-refractivity contribution in [3.05, 3.63) is 132 Å². The number of benzene rings is 2. The van der Waals surface area contributed by atoms with Crippen molar-refractivity contribution in [2.45, 2.75) is 80.6 Å². The highest BCUT2D eigenvalue weighted by Gasteiger charge is 2.55. The first-order valence-corrected chi connectivity index (χ1v) is 15.6. The minimum Gasteiger partial charge on any atom is -0.369 e. The first-order valence-electron chi connectivity index (χ1n) is 14.6. The molecule has 2 aliphatic heterocycles. The first-order chi connectivity index (χ1) is 20.5. The molecule has 2 aromatic heterocycles. The Morgan fingerprint density at radius 2 is 1.05 bits per heavy atom. The number of fused-ring (bicyclic) bond motifs is 1. The average Bonchev–Trinajstić information content (AvgIpc) is 3.29.